The fraction of sp³-hybridized carbons (Fsp3) is 0.357. The number of hydrogen-bond donors (Lipinski definition) is 2. The van der Waals surface area contributed by atoms with Gasteiger partial charge < -0.3 is 10.3 Å². The van der Waals surface area contributed by atoms with Gasteiger partial charge in [0.2, 0.25) is 0 Å². The molecule has 1 amide bonds. The predicted molar refractivity (Wildman–Crippen MR) is 78.2 cm³/mol. The zero-order chi connectivity index (χ0) is 13.2. The van der Waals surface area contributed by atoms with Crippen molar-refractivity contribution in [3.63, 3.8) is 0 Å². The standard InChI is InChI=1S/C14H18N2OS/c1-14(2,18-3)9-16-13(17)11-6-4-5-10-7-8-15-12(10)11/h4-8,15H,9H2,1-3H3,(H,16,17). The number of aromatic nitrogens is 1. The van der Waals surface area contributed by atoms with Gasteiger partial charge in [0.15, 0.2) is 0 Å². The highest BCUT2D eigenvalue weighted by Gasteiger charge is 2.18. The fourth-order valence-corrected chi connectivity index (χ4v) is 1.95. The number of hydrogen-bond acceptors (Lipinski definition) is 2. The molecular formula is C14H18N2OS. The highest BCUT2D eigenvalue weighted by Crippen LogP contribution is 2.20. The quantitative estimate of drug-likeness (QED) is 0.889. The first-order chi connectivity index (χ1) is 8.53. The van der Waals surface area contributed by atoms with E-state index in [9.17, 15) is 4.79 Å². The molecule has 2 aromatic rings. The first-order valence-electron chi connectivity index (χ1n) is 5.93. The zero-order valence-electron chi connectivity index (χ0n) is 10.9. The van der Waals surface area contributed by atoms with E-state index in [4.69, 9.17) is 0 Å². The maximum absolute atomic E-state index is 12.2. The Kier molecular flexibility index (Phi) is 3.66. The van der Waals surface area contributed by atoms with Crippen LogP contribution < -0.4 is 5.32 Å². The Labute approximate surface area is 111 Å². The molecule has 0 saturated carbocycles. The van der Waals surface area contributed by atoms with Gasteiger partial charge in [0.1, 0.15) is 0 Å². The molecule has 1 aromatic heterocycles. The molecule has 0 aliphatic rings. The molecule has 0 atom stereocenters. The summed E-state index contributed by atoms with van der Waals surface area (Å²) in [4.78, 5) is 15.3. The van der Waals surface area contributed by atoms with Crippen LogP contribution in [0.5, 0.6) is 0 Å². The molecule has 1 heterocycles. The molecule has 2 N–H and O–H groups in total. The fourth-order valence-electron chi connectivity index (χ4n) is 1.73. The van der Waals surface area contributed by atoms with Gasteiger partial charge in [-0.2, -0.15) is 11.8 Å². The van der Waals surface area contributed by atoms with Crippen LogP contribution >= 0.6 is 11.8 Å². The summed E-state index contributed by atoms with van der Waals surface area (Å²) in [6.07, 6.45) is 3.91. The molecule has 0 unspecified atom stereocenters. The second-order valence-electron chi connectivity index (χ2n) is 4.89. The van der Waals surface area contributed by atoms with E-state index in [1.54, 1.807) is 11.8 Å². The topological polar surface area (TPSA) is 44.9 Å². The van der Waals surface area contributed by atoms with Crippen molar-refractivity contribution in [3.05, 3.63) is 36.0 Å². The lowest BCUT2D eigenvalue weighted by Gasteiger charge is -2.22. The summed E-state index contributed by atoms with van der Waals surface area (Å²) in [5, 5.41) is 4.05. The van der Waals surface area contributed by atoms with E-state index in [0.29, 0.717) is 12.1 Å². The number of carbonyl (C=O) groups is 1. The highest BCUT2D eigenvalue weighted by molar-refractivity contribution is 7.99. The molecular weight excluding hydrogens is 244 g/mol. The molecule has 2 rings (SSSR count). The largest absolute Gasteiger partial charge is 0.361 e. The van der Waals surface area contributed by atoms with E-state index in [-0.39, 0.29) is 10.7 Å². The van der Waals surface area contributed by atoms with Gasteiger partial charge in [-0.3, -0.25) is 4.79 Å². The zero-order valence-corrected chi connectivity index (χ0v) is 11.7. The summed E-state index contributed by atoms with van der Waals surface area (Å²) in [7, 11) is 0. The van der Waals surface area contributed by atoms with Gasteiger partial charge in [0.25, 0.3) is 5.91 Å². The monoisotopic (exact) mass is 262 g/mol. The second-order valence-corrected chi connectivity index (χ2v) is 6.41. The minimum absolute atomic E-state index is 0.0230. The Bertz CT molecular complexity index is 560. The number of thioether (sulfide) groups is 1. The average Bonchev–Trinajstić information content (AvgIpc) is 2.84. The lowest BCUT2D eigenvalue weighted by atomic mass is 10.1. The van der Waals surface area contributed by atoms with Crippen LogP contribution in [0.1, 0.15) is 24.2 Å². The molecule has 0 aliphatic carbocycles. The number of rotatable bonds is 4. The molecule has 4 heteroatoms. The van der Waals surface area contributed by atoms with Crippen molar-refractivity contribution in [1.29, 1.82) is 0 Å². The van der Waals surface area contributed by atoms with E-state index in [2.05, 4.69) is 30.4 Å². The number of para-hydroxylation sites is 1. The molecule has 1 aromatic carbocycles. The first-order valence-corrected chi connectivity index (χ1v) is 7.15. The number of fused-ring (bicyclic) bond motifs is 1. The number of aromatic amines is 1. The van der Waals surface area contributed by atoms with Gasteiger partial charge in [-0.15, -0.1) is 0 Å². The van der Waals surface area contributed by atoms with Crippen LogP contribution in [0.3, 0.4) is 0 Å². The predicted octanol–water partition coefficient (Wildman–Crippen LogP) is 3.04. The Morgan fingerprint density at radius 2 is 2.17 bits per heavy atom. The van der Waals surface area contributed by atoms with Crippen LogP contribution in [0.2, 0.25) is 0 Å². The number of benzene rings is 1. The van der Waals surface area contributed by atoms with Gasteiger partial charge in [-0.25, -0.2) is 0 Å². The molecule has 0 fully saturated rings. The molecule has 0 saturated heterocycles. The third-order valence-electron chi connectivity index (χ3n) is 3.06. The summed E-state index contributed by atoms with van der Waals surface area (Å²) in [5.74, 6) is -0.0230. The summed E-state index contributed by atoms with van der Waals surface area (Å²) < 4.78 is 0.0549. The highest BCUT2D eigenvalue weighted by atomic mass is 32.2. The van der Waals surface area contributed by atoms with Crippen molar-refractivity contribution < 1.29 is 4.79 Å². The van der Waals surface area contributed by atoms with E-state index in [1.807, 2.05) is 30.5 Å². The third-order valence-corrected chi connectivity index (χ3v) is 4.31. The van der Waals surface area contributed by atoms with Gasteiger partial charge in [-0.1, -0.05) is 12.1 Å². The molecule has 0 spiro atoms. The van der Waals surface area contributed by atoms with Gasteiger partial charge in [0, 0.05) is 22.9 Å². The van der Waals surface area contributed by atoms with E-state index in [0.717, 1.165) is 10.9 Å². The van der Waals surface area contributed by atoms with Crippen molar-refractivity contribution in [1.82, 2.24) is 10.3 Å². The molecule has 0 aliphatic heterocycles. The van der Waals surface area contributed by atoms with Crippen LogP contribution in [0.4, 0.5) is 0 Å². The number of carbonyl (C=O) groups excluding carboxylic acids is 1. The minimum atomic E-state index is -0.0230. The summed E-state index contributed by atoms with van der Waals surface area (Å²) in [5.41, 5.74) is 1.60. The summed E-state index contributed by atoms with van der Waals surface area (Å²) in [6.45, 7) is 4.89. The normalized spacial score (nSPS) is 11.7. The van der Waals surface area contributed by atoms with E-state index in [1.165, 1.54) is 0 Å². The molecule has 3 nitrogen and oxygen atoms in total. The van der Waals surface area contributed by atoms with Gasteiger partial charge in [0.05, 0.1) is 11.1 Å². The van der Waals surface area contributed by atoms with Gasteiger partial charge >= 0.3 is 0 Å². The average molecular weight is 262 g/mol. The third kappa shape index (κ3) is 2.70. The van der Waals surface area contributed by atoms with Crippen molar-refractivity contribution in [2.45, 2.75) is 18.6 Å². The van der Waals surface area contributed by atoms with E-state index < -0.39 is 0 Å². The number of nitrogens with one attached hydrogen (secondary N) is 2. The van der Waals surface area contributed by atoms with Crippen LogP contribution in [-0.4, -0.2) is 28.4 Å². The lowest BCUT2D eigenvalue weighted by molar-refractivity contribution is 0.0952. The molecule has 18 heavy (non-hydrogen) atoms. The molecule has 0 bridgehead atoms. The number of H-pyrrole nitrogens is 1. The van der Waals surface area contributed by atoms with Crippen molar-refractivity contribution in [3.8, 4) is 0 Å². The summed E-state index contributed by atoms with van der Waals surface area (Å²) in [6, 6.07) is 7.72. The van der Waals surface area contributed by atoms with Crippen LogP contribution in [0.15, 0.2) is 30.5 Å². The Balaban J connectivity index is 2.17. The Morgan fingerprint density at radius 3 is 2.89 bits per heavy atom. The first kappa shape index (κ1) is 13.0. The van der Waals surface area contributed by atoms with Crippen molar-refractivity contribution in [2.75, 3.05) is 12.8 Å². The maximum atomic E-state index is 12.2. The van der Waals surface area contributed by atoms with Crippen LogP contribution in [0.25, 0.3) is 10.9 Å². The van der Waals surface area contributed by atoms with Crippen molar-refractivity contribution in [2.24, 2.45) is 0 Å². The molecule has 0 radical (unpaired) electrons. The lowest BCUT2D eigenvalue weighted by Crippen LogP contribution is -2.36. The summed E-state index contributed by atoms with van der Waals surface area (Å²) >= 11 is 1.75. The number of amides is 1. The minimum Gasteiger partial charge on any atom is -0.361 e. The van der Waals surface area contributed by atoms with Crippen molar-refractivity contribution >= 4 is 28.6 Å². The molecule has 96 valence electrons. The SMILES string of the molecule is CSC(C)(C)CNC(=O)c1cccc2cc[nH]c12. The smallest absolute Gasteiger partial charge is 0.253 e. The Morgan fingerprint density at radius 1 is 1.39 bits per heavy atom. The maximum Gasteiger partial charge on any atom is 0.253 e. The Hall–Kier alpha value is -1.42. The van der Waals surface area contributed by atoms with Gasteiger partial charge in [-0.05, 0) is 32.2 Å². The van der Waals surface area contributed by atoms with Crippen LogP contribution in [0, 0.1) is 0 Å². The second kappa shape index (κ2) is 5.06. The van der Waals surface area contributed by atoms with Crippen LogP contribution in [-0.2, 0) is 0 Å². The van der Waals surface area contributed by atoms with E-state index >= 15 is 0 Å².